The first-order valence-electron chi connectivity index (χ1n) is 9.30. The lowest BCUT2D eigenvalue weighted by Gasteiger charge is -2.19. The van der Waals surface area contributed by atoms with Crippen molar-refractivity contribution in [1.82, 2.24) is 15.5 Å². The molecule has 1 unspecified atom stereocenters. The van der Waals surface area contributed by atoms with Crippen LogP contribution in [0.15, 0.2) is 12.1 Å². The summed E-state index contributed by atoms with van der Waals surface area (Å²) in [6.45, 7) is 9.97. The molecule has 1 aromatic rings. The van der Waals surface area contributed by atoms with E-state index in [4.69, 9.17) is 0 Å². The molecule has 0 bridgehead atoms. The SMILES string of the molecule is CCC(C)NC(=O)CCNC(=O)N(C)CC(=O)Nc1c(C)cc(C)cc1C. The molecule has 0 aliphatic carbocycles. The van der Waals surface area contributed by atoms with Crippen LogP contribution < -0.4 is 16.0 Å². The molecule has 0 aromatic heterocycles. The number of aryl methyl sites for hydroxylation is 3. The van der Waals surface area contributed by atoms with Crippen LogP contribution in [0.5, 0.6) is 0 Å². The molecule has 1 atom stereocenters. The van der Waals surface area contributed by atoms with Gasteiger partial charge in [-0.25, -0.2) is 4.79 Å². The maximum Gasteiger partial charge on any atom is 0.317 e. The van der Waals surface area contributed by atoms with Gasteiger partial charge in [0.15, 0.2) is 0 Å². The summed E-state index contributed by atoms with van der Waals surface area (Å²) in [7, 11) is 1.54. The molecule has 3 N–H and O–H groups in total. The lowest BCUT2D eigenvalue weighted by Crippen LogP contribution is -2.43. The topological polar surface area (TPSA) is 90.5 Å². The van der Waals surface area contributed by atoms with Crippen molar-refractivity contribution in [3.05, 3.63) is 28.8 Å². The zero-order valence-corrected chi connectivity index (χ0v) is 17.2. The first-order chi connectivity index (χ1) is 12.6. The Labute approximate surface area is 161 Å². The molecule has 0 aliphatic rings. The molecular weight excluding hydrogens is 344 g/mol. The van der Waals surface area contributed by atoms with Crippen LogP contribution in [-0.2, 0) is 9.59 Å². The normalized spacial score (nSPS) is 11.5. The highest BCUT2D eigenvalue weighted by Crippen LogP contribution is 2.21. The van der Waals surface area contributed by atoms with E-state index < -0.39 is 0 Å². The zero-order chi connectivity index (χ0) is 20.6. The van der Waals surface area contributed by atoms with Crippen LogP contribution in [-0.4, -0.2) is 48.9 Å². The van der Waals surface area contributed by atoms with Gasteiger partial charge in [0.05, 0.1) is 0 Å². The Kier molecular flexibility index (Phi) is 8.78. The Balaban J connectivity index is 2.44. The molecule has 4 amide bonds. The number of likely N-dealkylation sites (N-methyl/N-ethyl adjacent to an activating group) is 1. The molecule has 0 radical (unpaired) electrons. The summed E-state index contributed by atoms with van der Waals surface area (Å²) in [5.41, 5.74) is 3.89. The van der Waals surface area contributed by atoms with Crippen LogP contribution in [0, 0.1) is 20.8 Å². The second-order valence-electron chi connectivity index (χ2n) is 7.04. The van der Waals surface area contributed by atoms with Crippen LogP contribution in [0.4, 0.5) is 10.5 Å². The van der Waals surface area contributed by atoms with Crippen molar-refractivity contribution in [3.8, 4) is 0 Å². The monoisotopic (exact) mass is 376 g/mol. The second-order valence-corrected chi connectivity index (χ2v) is 7.04. The zero-order valence-electron chi connectivity index (χ0n) is 17.2. The number of carbonyl (C=O) groups is 3. The number of nitrogens with one attached hydrogen (secondary N) is 3. The molecule has 0 aliphatic heterocycles. The number of urea groups is 1. The van der Waals surface area contributed by atoms with Gasteiger partial charge in [-0.1, -0.05) is 24.6 Å². The summed E-state index contributed by atoms with van der Waals surface area (Å²) < 4.78 is 0. The van der Waals surface area contributed by atoms with Crippen molar-refractivity contribution in [3.63, 3.8) is 0 Å². The smallest absolute Gasteiger partial charge is 0.317 e. The van der Waals surface area contributed by atoms with Crippen LogP contribution in [0.25, 0.3) is 0 Å². The quantitative estimate of drug-likeness (QED) is 0.651. The van der Waals surface area contributed by atoms with Gasteiger partial charge >= 0.3 is 6.03 Å². The number of rotatable bonds is 8. The standard InChI is InChI=1S/C20H32N4O3/c1-7-16(5)22-17(25)8-9-21-20(27)24(6)12-18(26)23-19-14(3)10-13(2)11-15(19)4/h10-11,16H,7-9,12H2,1-6H3,(H,21,27)(H,22,25)(H,23,26). The van der Waals surface area contributed by atoms with Gasteiger partial charge in [-0.3, -0.25) is 9.59 Å². The molecule has 7 heteroatoms. The molecule has 0 fully saturated rings. The number of anilines is 1. The third-order valence-electron chi connectivity index (χ3n) is 4.32. The second kappa shape index (κ2) is 10.5. The minimum absolute atomic E-state index is 0.0718. The maximum absolute atomic E-state index is 12.3. The first-order valence-corrected chi connectivity index (χ1v) is 9.30. The number of amides is 4. The summed E-state index contributed by atoms with van der Waals surface area (Å²) in [5.74, 6) is -0.368. The molecule has 0 heterocycles. The third kappa shape index (κ3) is 7.68. The maximum atomic E-state index is 12.3. The van der Waals surface area contributed by atoms with E-state index in [2.05, 4.69) is 16.0 Å². The lowest BCUT2D eigenvalue weighted by molar-refractivity contribution is -0.121. The minimum Gasteiger partial charge on any atom is -0.354 e. The van der Waals surface area contributed by atoms with E-state index in [1.165, 1.54) is 4.90 Å². The molecule has 27 heavy (non-hydrogen) atoms. The first kappa shape index (κ1) is 22.5. The van der Waals surface area contributed by atoms with Crippen molar-refractivity contribution in [2.75, 3.05) is 25.5 Å². The van der Waals surface area contributed by atoms with Gasteiger partial charge in [-0.2, -0.15) is 0 Å². The molecule has 0 spiro atoms. The van der Waals surface area contributed by atoms with E-state index in [1.54, 1.807) is 7.05 Å². The van der Waals surface area contributed by atoms with Crippen molar-refractivity contribution in [2.45, 2.75) is 53.5 Å². The fraction of sp³-hybridized carbons (Fsp3) is 0.550. The van der Waals surface area contributed by atoms with Gasteiger partial charge in [0, 0.05) is 31.7 Å². The molecule has 1 aromatic carbocycles. The highest BCUT2D eigenvalue weighted by atomic mass is 16.2. The van der Waals surface area contributed by atoms with E-state index in [0.717, 1.165) is 28.8 Å². The molecule has 0 saturated heterocycles. The van der Waals surface area contributed by atoms with E-state index in [0.29, 0.717) is 0 Å². The molecule has 150 valence electrons. The predicted molar refractivity (Wildman–Crippen MR) is 108 cm³/mol. The van der Waals surface area contributed by atoms with Crippen LogP contribution in [0.3, 0.4) is 0 Å². The third-order valence-corrected chi connectivity index (χ3v) is 4.32. The summed E-state index contributed by atoms with van der Waals surface area (Å²) in [6, 6.07) is 3.74. The summed E-state index contributed by atoms with van der Waals surface area (Å²) in [6.07, 6.45) is 1.06. The molecular formula is C20H32N4O3. The average Bonchev–Trinajstić information content (AvgIpc) is 2.57. The Morgan fingerprint density at radius 1 is 1.07 bits per heavy atom. The van der Waals surface area contributed by atoms with E-state index >= 15 is 0 Å². The van der Waals surface area contributed by atoms with Gasteiger partial charge < -0.3 is 20.9 Å². The number of nitrogens with zero attached hydrogens (tertiary/aromatic N) is 1. The Hall–Kier alpha value is -2.57. The minimum atomic E-state index is -0.390. The van der Waals surface area contributed by atoms with Crippen molar-refractivity contribution < 1.29 is 14.4 Å². The van der Waals surface area contributed by atoms with E-state index in [1.807, 2.05) is 46.8 Å². The van der Waals surface area contributed by atoms with Gasteiger partial charge in [-0.15, -0.1) is 0 Å². The molecule has 1 rings (SSSR count). The number of hydrogen-bond donors (Lipinski definition) is 3. The molecule has 0 saturated carbocycles. The van der Waals surface area contributed by atoms with Crippen LogP contribution >= 0.6 is 0 Å². The summed E-state index contributed by atoms with van der Waals surface area (Å²) in [5, 5.41) is 8.36. The number of hydrogen-bond acceptors (Lipinski definition) is 3. The van der Waals surface area contributed by atoms with Crippen molar-refractivity contribution in [2.24, 2.45) is 0 Å². The van der Waals surface area contributed by atoms with Crippen LogP contribution in [0.2, 0.25) is 0 Å². The van der Waals surface area contributed by atoms with Gasteiger partial charge in [0.25, 0.3) is 0 Å². The van der Waals surface area contributed by atoms with Crippen molar-refractivity contribution in [1.29, 1.82) is 0 Å². The summed E-state index contributed by atoms with van der Waals surface area (Å²) >= 11 is 0. The Morgan fingerprint density at radius 2 is 1.67 bits per heavy atom. The van der Waals surface area contributed by atoms with Gasteiger partial charge in [-0.05, 0) is 45.2 Å². The fourth-order valence-electron chi connectivity index (χ4n) is 2.71. The Morgan fingerprint density at radius 3 is 2.22 bits per heavy atom. The highest BCUT2D eigenvalue weighted by molar-refractivity contribution is 5.95. The predicted octanol–water partition coefficient (Wildman–Crippen LogP) is 2.50. The highest BCUT2D eigenvalue weighted by Gasteiger charge is 2.15. The Bertz CT molecular complexity index is 665. The number of carbonyl (C=O) groups excluding carboxylic acids is 3. The molecule has 7 nitrogen and oxygen atoms in total. The lowest BCUT2D eigenvalue weighted by atomic mass is 10.1. The van der Waals surface area contributed by atoms with Crippen molar-refractivity contribution >= 4 is 23.5 Å². The average molecular weight is 377 g/mol. The van der Waals surface area contributed by atoms with Gasteiger partial charge in [0.2, 0.25) is 11.8 Å². The largest absolute Gasteiger partial charge is 0.354 e. The van der Waals surface area contributed by atoms with E-state index in [-0.39, 0.29) is 43.4 Å². The van der Waals surface area contributed by atoms with E-state index in [9.17, 15) is 14.4 Å². The summed E-state index contributed by atoms with van der Waals surface area (Å²) in [4.78, 5) is 37.3. The van der Waals surface area contributed by atoms with Gasteiger partial charge in [0.1, 0.15) is 6.54 Å². The van der Waals surface area contributed by atoms with Crippen LogP contribution in [0.1, 0.15) is 43.4 Å². The number of benzene rings is 1. The fourth-order valence-corrected chi connectivity index (χ4v) is 2.71.